The molecule has 30 heavy (non-hydrogen) atoms. The summed E-state index contributed by atoms with van der Waals surface area (Å²) in [5.41, 5.74) is 2.03. The molecule has 3 aromatic carbocycles. The van der Waals surface area contributed by atoms with Crippen LogP contribution in [0, 0.1) is 17.7 Å². The Morgan fingerprint density at radius 1 is 0.833 bits per heavy atom. The van der Waals surface area contributed by atoms with Gasteiger partial charge in [-0.25, -0.2) is 4.39 Å². The number of aliphatic hydroxyl groups is 1. The number of halogens is 1. The van der Waals surface area contributed by atoms with Gasteiger partial charge >= 0.3 is 0 Å². The zero-order valence-corrected chi connectivity index (χ0v) is 17.6. The van der Waals surface area contributed by atoms with Crippen LogP contribution in [0.25, 0.3) is 0 Å². The van der Waals surface area contributed by atoms with Crippen LogP contribution in [0.4, 0.5) is 4.39 Å². The maximum absolute atomic E-state index is 13.7. The molecule has 1 saturated heterocycles. The first-order chi connectivity index (χ1) is 14.6. The first-order valence-electron chi connectivity index (χ1n) is 10.9. The first kappa shape index (κ1) is 20.8. The predicted molar refractivity (Wildman–Crippen MR) is 119 cm³/mol. The van der Waals surface area contributed by atoms with E-state index in [0.29, 0.717) is 0 Å². The second kappa shape index (κ2) is 8.71. The van der Waals surface area contributed by atoms with E-state index in [1.54, 1.807) is 12.1 Å². The lowest BCUT2D eigenvalue weighted by Gasteiger charge is -2.53. The highest BCUT2D eigenvalue weighted by molar-refractivity contribution is 5.33. The van der Waals surface area contributed by atoms with E-state index in [1.807, 2.05) is 36.4 Å². The number of benzene rings is 3. The predicted octanol–water partition coefficient (Wildman–Crippen LogP) is 6.15. The van der Waals surface area contributed by atoms with Crippen LogP contribution in [0.2, 0.25) is 0 Å². The lowest BCUT2D eigenvalue weighted by atomic mass is 9.61. The second-order valence-electron chi connectivity index (χ2n) is 8.46. The molecular formula is C27H30FNO. The van der Waals surface area contributed by atoms with Gasteiger partial charge in [0, 0.05) is 23.9 Å². The molecule has 1 heterocycles. The Hall–Kier alpha value is -2.49. The Morgan fingerprint density at radius 2 is 1.37 bits per heavy atom. The van der Waals surface area contributed by atoms with Crippen molar-refractivity contribution in [3.8, 4) is 0 Å². The van der Waals surface area contributed by atoms with Crippen molar-refractivity contribution in [2.45, 2.75) is 44.4 Å². The average Bonchev–Trinajstić information content (AvgIpc) is 2.79. The molecule has 0 saturated carbocycles. The molecule has 156 valence electrons. The van der Waals surface area contributed by atoms with E-state index in [4.69, 9.17) is 0 Å². The van der Waals surface area contributed by atoms with Crippen LogP contribution in [0.3, 0.4) is 0 Å². The van der Waals surface area contributed by atoms with Crippen molar-refractivity contribution in [3.05, 3.63) is 107 Å². The zero-order chi connectivity index (χ0) is 21.1. The van der Waals surface area contributed by atoms with E-state index >= 15 is 0 Å². The number of hydrogen-bond donors (Lipinski definition) is 2. The van der Waals surface area contributed by atoms with Crippen molar-refractivity contribution >= 4 is 0 Å². The summed E-state index contributed by atoms with van der Waals surface area (Å²) < 4.78 is 13.7. The quantitative estimate of drug-likeness (QED) is 0.535. The van der Waals surface area contributed by atoms with Gasteiger partial charge in [0.1, 0.15) is 5.82 Å². The van der Waals surface area contributed by atoms with Crippen LogP contribution in [-0.2, 0) is 5.60 Å². The molecular weight excluding hydrogens is 373 g/mol. The summed E-state index contributed by atoms with van der Waals surface area (Å²) in [4.78, 5) is 0. The third kappa shape index (κ3) is 3.68. The van der Waals surface area contributed by atoms with Crippen LogP contribution in [-0.4, -0.2) is 5.11 Å². The summed E-state index contributed by atoms with van der Waals surface area (Å²) in [6, 6.07) is 27.1. The van der Waals surface area contributed by atoms with Crippen molar-refractivity contribution in [1.82, 2.24) is 5.32 Å². The maximum atomic E-state index is 13.7. The Bertz CT molecular complexity index is 944. The van der Waals surface area contributed by atoms with Gasteiger partial charge in [-0.3, -0.25) is 0 Å². The third-order valence-corrected chi connectivity index (χ3v) is 6.74. The molecule has 1 fully saturated rings. The van der Waals surface area contributed by atoms with E-state index in [2.05, 4.69) is 43.4 Å². The lowest BCUT2D eigenvalue weighted by Crippen LogP contribution is -2.56. The van der Waals surface area contributed by atoms with Gasteiger partial charge in [0.2, 0.25) is 0 Å². The van der Waals surface area contributed by atoms with Crippen molar-refractivity contribution in [3.63, 3.8) is 0 Å². The molecule has 0 bridgehead atoms. The Morgan fingerprint density at radius 3 is 1.90 bits per heavy atom. The van der Waals surface area contributed by atoms with Crippen molar-refractivity contribution in [2.24, 2.45) is 11.8 Å². The van der Waals surface area contributed by atoms with Gasteiger partial charge in [0.05, 0.1) is 5.60 Å². The van der Waals surface area contributed by atoms with Crippen molar-refractivity contribution in [1.29, 1.82) is 0 Å². The summed E-state index contributed by atoms with van der Waals surface area (Å²) in [6.45, 7) is 4.26. The van der Waals surface area contributed by atoms with Gasteiger partial charge < -0.3 is 10.4 Å². The minimum Gasteiger partial charge on any atom is -0.384 e. The molecule has 0 amide bonds. The normalized spacial score (nSPS) is 28.9. The summed E-state index contributed by atoms with van der Waals surface area (Å²) >= 11 is 0. The van der Waals surface area contributed by atoms with E-state index in [-0.39, 0.29) is 29.7 Å². The van der Waals surface area contributed by atoms with Crippen LogP contribution in [0.1, 0.15) is 55.5 Å². The average molecular weight is 404 g/mol. The van der Waals surface area contributed by atoms with Crippen molar-refractivity contribution in [2.75, 3.05) is 0 Å². The molecule has 2 N–H and O–H groups in total. The highest BCUT2D eigenvalue weighted by atomic mass is 19.1. The Labute approximate surface area is 178 Å². The summed E-state index contributed by atoms with van der Waals surface area (Å²) in [6.07, 6.45) is 1.83. The number of rotatable bonds is 5. The van der Waals surface area contributed by atoms with E-state index < -0.39 is 5.60 Å². The molecule has 1 aliphatic rings. The molecule has 3 heteroatoms. The molecule has 5 atom stereocenters. The smallest absolute Gasteiger partial charge is 0.123 e. The van der Waals surface area contributed by atoms with Gasteiger partial charge in [-0.15, -0.1) is 0 Å². The monoisotopic (exact) mass is 403 g/mol. The van der Waals surface area contributed by atoms with Crippen LogP contribution in [0.15, 0.2) is 84.9 Å². The van der Waals surface area contributed by atoms with E-state index in [1.165, 1.54) is 17.7 Å². The molecule has 0 aromatic heterocycles. The Kier molecular flexibility index (Phi) is 6.03. The SMILES string of the molecule is CCC[C@H]1[C@@H](c2ccccc2)N[C@H](c2ccccc2)[C@H](C)[C@]1(O)c1ccc(F)cc1. The molecule has 0 spiro atoms. The minimum absolute atomic E-state index is 0.0115. The van der Waals surface area contributed by atoms with Crippen LogP contribution < -0.4 is 5.32 Å². The first-order valence-corrected chi connectivity index (χ1v) is 10.9. The molecule has 0 unspecified atom stereocenters. The molecule has 3 aromatic rings. The maximum Gasteiger partial charge on any atom is 0.123 e. The highest BCUT2D eigenvalue weighted by Crippen LogP contribution is 2.53. The largest absolute Gasteiger partial charge is 0.384 e. The minimum atomic E-state index is -1.09. The van der Waals surface area contributed by atoms with E-state index in [9.17, 15) is 9.50 Å². The van der Waals surface area contributed by atoms with Gasteiger partial charge in [0.15, 0.2) is 0 Å². The molecule has 0 radical (unpaired) electrons. The summed E-state index contributed by atoms with van der Waals surface area (Å²) in [7, 11) is 0. The topological polar surface area (TPSA) is 32.3 Å². The fourth-order valence-electron chi connectivity index (χ4n) is 5.23. The van der Waals surface area contributed by atoms with Gasteiger partial charge in [-0.2, -0.15) is 0 Å². The highest BCUT2D eigenvalue weighted by Gasteiger charge is 2.53. The molecule has 0 aliphatic carbocycles. The summed E-state index contributed by atoms with van der Waals surface area (Å²) in [5, 5.41) is 16.3. The standard InChI is InChI=1S/C27H30FNO/c1-3-10-24-26(21-13-8-5-9-14-21)29-25(20-11-6-4-7-12-20)19(2)27(24,30)22-15-17-23(28)18-16-22/h4-9,11-19,24-26,29-30H,3,10H2,1-2H3/t19-,24-,25-,26+,27-/m0/s1. The van der Waals surface area contributed by atoms with Crippen molar-refractivity contribution < 1.29 is 9.50 Å². The Balaban J connectivity index is 1.88. The van der Waals surface area contributed by atoms with Crippen LogP contribution >= 0.6 is 0 Å². The molecule has 4 rings (SSSR count). The molecule has 1 aliphatic heterocycles. The third-order valence-electron chi connectivity index (χ3n) is 6.74. The van der Waals surface area contributed by atoms with Gasteiger partial charge in [0.25, 0.3) is 0 Å². The lowest BCUT2D eigenvalue weighted by molar-refractivity contribution is -0.127. The number of nitrogens with one attached hydrogen (secondary N) is 1. The summed E-state index contributed by atoms with van der Waals surface area (Å²) in [5.74, 6) is -0.414. The van der Waals surface area contributed by atoms with Gasteiger partial charge in [-0.1, -0.05) is 93.1 Å². The van der Waals surface area contributed by atoms with Crippen LogP contribution in [0.5, 0.6) is 0 Å². The van der Waals surface area contributed by atoms with Gasteiger partial charge in [-0.05, 0) is 35.2 Å². The number of piperidine rings is 1. The van der Waals surface area contributed by atoms with E-state index in [0.717, 1.165) is 24.0 Å². The zero-order valence-electron chi connectivity index (χ0n) is 17.6. The number of hydrogen-bond acceptors (Lipinski definition) is 2. The fraction of sp³-hybridized carbons (Fsp3) is 0.333. The second-order valence-corrected chi connectivity index (χ2v) is 8.46. The molecule has 2 nitrogen and oxygen atoms in total. The fourth-order valence-corrected chi connectivity index (χ4v) is 5.23.